The summed E-state index contributed by atoms with van der Waals surface area (Å²) < 4.78 is 13.0. The Kier molecular flexibility index (Phi) is 6.87. The molecule has 0 saturated carbocycles. The average Bonchev–Trinajstić information content (AvgIpc) is 3.01. The lowest BCUT2D eigenvalue weighted by Gasteiger charge is -2.15. The van der Waals surface area contributed by atoms with E-state index in [-0.39, 0.29) is 0 Å². The molecule has 2 rings (SSSR count). The minimum absolute atomic E-state index is 0.463. The van der Waals surface area contributed by atoms with Gasteiger partial charge in [0.15, 0.2) is 11.5 Å². The number of anilines is 1. The van der Waals surface area contributed by atoms with Gasteiger partial charge in [0.05, 0.1) is 19.8 Å². The van der Waals surface area contributed by atoms with Crippen LogP contribution in [0.3, 0.4) is 0 Å². The maximum Gasteiger partial charge on any atom is 0.243 e. The number of hydrogen-bond acceptors (Lipinski definition) is 6. The van der Waals surface area contributed by atoms with Crippen LogP contribution in [0.2, 0.25) is 5.02 Å². The number of nitrogens with one attached hydrogen (secondary N) is 1. The van der Waals surface area contributed by atoms with E-state index in [0.717, 1.165) is 12.0 Å². The molecule has 24 heavy (non-hydrogen) atoms. The molecule has 0 saturated heterocycles. The van der Waals surface area contributed by atoms with E-state index in [0.29, 0.717) is 48.8 Å². The van der Waals surface area contributed by atoms with Crippen LogP contribution < -0.4 is 14.8 Å². The Hall–Kier alpha value is -2.28. The minimum atomic E-state index is 0.463. The summed E-state index contributed by atoms with van der Waals surface area (Å²) in [5.41, 5.74) is 0.872. The van der Waals surface area contributed by atoms with E-state index in [1.165, 1.54) is 0 Å². The van der Waals surface area contributed by atoms with Gasteiger partial charge in [0, 0.05) is 17.6 Å². The van der Waals surface area contributed by atoms with E-state index in [9.17, 15) is 0 Å². The molecule has 2 aromatic rings. The van der Waals surface area contributed by atoms with Gasteiger partial charge in [-0.2, -0.15) is 0 Å². The largest absolute Gasteiger partial charge is 0.490 e. The summed E-state index contributed by atoms with van der Waals surface area (Å²) in [4.78, 5) is 0. The van der Waals surface area contributed by atoms with Gasteiger partial charge >= 0.3 is 0 Å². The van der Waals surface area contributed by atoms with Crippen molar-refractivity contribution in [1.29, 1.82) is 0 Å². The SMILES string of the molecule is C=CCn1nnnc1NCc1cc(OCC)c(OCCC)cc1Cl. The molecule has 0 aliphatic rings. The highest BCUT2D eigenvalue weighted by molar-refractivity contribution is 6.31. The van der Waals surface area contributed by atoms with E-state index in [1.807, 2.05) is 19.9 Å². The number of nitrogens with zero attached hydrogens (tertiary/aromatic N) is 4. The van der Waals surface area contributed by atoms with Crippen molar-refractivity contribution in [1.82, 2.24) is 20.2 Å². The molecule has 7 nitrogen and oxygen atoms in total. The van der Waals surface area contributed by atoms with E-state index >= 15 is 0 Å². The lowest BCUT2D eigenvalue weighted by Crippen LogP contribution is -2.09. The standard InChI is InChI=1S/C16H22ClN5O2/c1-4-7-22-16(19-20-21-22)18-11-12-9-14(23-6-3)15(10-13(12)17)24-8-5-2/h4,9-10H,1,5-8,11H2,2-3H3,(H,18,19,21). The van der Waals surface area contributed by atoms with Gasteiger partial charge < -0.3 is 14.8 Å². The molecule has 1 N–H and O–H groups in total. The first-order chi connectivity index (χ1) is 11.7. The van der Waals surface area contributed by atoms with Crippen molar-refractivity contribution in [2.24, 2.45) is 0 Å². The van der Waals surface area contributed by atoms with Crippen LogP contribution in [0.5, 0.6) is 11.5 Å². The molecule has 0 atom stereocenters. The van der Waals surface area contributed by atoms with Crippen molar-refractivity contribution in [3.05, 3.63) is 35.4 Å². The van der Waals surface area contributed by atoms with Crippen molar-refractivity contribution in [3.8, 4) is 11.5 Å². The highest BCUT2D eigenvalue weighted by Crippen LogP contribution is 2.34. The first-order valence-corrected chi connectivity index (χ1v) is 8.26. The summed E-state index contributed by atoms with van der Waals surface area (Å²) >= 11 is 6.37. The number of halogens is 1. The van der Waals surface area contributed by atoms with Gasteiger partial charge in [0.2, 0.25) is 5.95 Å². The van der Waals surface area contributed by atoms with Crippen molar-refractivity contribution in [3.63, 3.8) is 0 Å². The number of ether oxygens (including phenoxy) is 2. The summed E-state index contributed by atoms with van der Waals surface area (Å²) in [7, 11) is 0. The molecule has 1 aromatic carbocycles. The number of benzene rings is 1. The van der Waals surface area contributed by atoms with Gasteiger partial charge in [0.1, 0.15) is 0 Å². The number of allylic oxidation sites excluding steroid dienone is 1. The van der Waals surface area contributed by atoms with Crippen molar-refractivity contribution >= 4 is 17.5 Å². The van der Waals surface area contributed by atoms with Crippen molar-refractivity contribution in [2.75, 3.05) is 18.5 Å². The van der Waals surface area contributed by atoms with E-state index < -0.39 is 0 Å². The topological polar surface area (TPSA) is 74.1 Å². The highest BCUT2D eigenvalue weighted by Gasteiger charge is 2.12. The predicted molar refractivity (Wildman–Crippen MR) is 93.7 cm³/mol. The molecule has 0 aliphatic heterocycles. The molecule has 1 heterocycles. The fraction of sp³-hybridized carbons (Fsp3) is 0.438. The van der Waals surface area contributed by atoms with E-state index in [2.05, 4.69) is 27.4 Å². The minimum Gasteiger partial charge on any atom is -0.490 e. The number of tetrazole rings is 1. The van der Waals surface area contributed by atoms with E-state index in [1.54, 1.807) is 16.8 Å². The second kappa shape index (κ2) is 9.12. The molecule has 1 aromatic heterocycles. The Morgan fingerprint density at radius 2 is 2.08 bits per heavy atom. The third-order valence-electron chi connectivity index (χ3n) is 3.15. The quantitative estimate of drug-likeness (QED) is 0.662. The predicted octanol–water partition coefficient (Wildman–Crippen LogP) is 3.31. The maximum atomic E-state index is 6.37. The molecule has 130 valence electrons. The fourth-order valence-corrected chi connectivity index (χ4v) is 2.28. The van der Waals surface area contributed by atoms with Gasteiger partial charge in [-0.3, -0.25) is 0 Å². The van der Waals surface area contributed by atoms with Crippen LogP contribution >= 0.6 is 11.6 Å². The molecule has 0 bridgehead atoms. The molecule has 0 fully saturated rings. The van der Waals surface area contributed by atoms with Crippen LogP contribution in [-0.4, -0.2) is 33.4 Å². The normalized spacial score (nSPS) is 10.5. The van der Waals surface area contributed by atoms with Crippen molar-refractivity contribution in [2.45, 2.75) is 33.4 Å². The third kappa shape index (κ3) is 4.61. The lowest BCUT2D eigenvalue weighted by atomic mass is 10.2. The zero-order valence-electron chi connectivity index (χ0n) is 14.0. The van der Waals surface area contributed by atoms with Gasteiger partial charge in [-0.1, -0.05) is 29.7 Å². The van der Waals surface area contributed by atoms with Crippen molar-refractivity contribution < 1.29 is 9.47 Å². The fourth-order valence-electron chi connectivity index (χ4n) is 2.06. The Morgan fingerprint density at radius 1 is 1.29 bits per heavy atom. The first-order valence-electron chi connectivity index (χ1n) is 7.88. The Bertz CT molecular complexity index is 674. The number of hydrogen-bond donors (Lipinski definition) is 1. The van der Waals surface area contributed by atoms with Gasteiger partial charge in [-0.15, -0.1) is 6.58 Å². The molecule has 0 radical (unpaired) electrons. The third-order valence-corrected chi connectivity index (χ3v) is 3.50. The molecule has 0 amide bonds. The van der Waals surface area contributed by atoms with Crippen LogP contribution in [0.4, 0.5) is 5.95 Å². The van der Waals surface area contributed by atoms with Crippen LogP contribution in [0.15, 0.2) is 24.8 Å². The second-order valence-corrected chi connectivity index (χ2v) is 5.41. The molecule has 0 unspecified atom stereocenters. The summed E-state index contributed by atoms with van der Waals surface area (Å²) in [6.07, 6.45) is 2.64. The maximum absolute atomic E-state index is 6.37. The first kappa shape index (κ1) is 18.1. The Morgan fingerprint density at radius 3 is 2.79 bits per heavy atom. The van der Waals surface area contributed by atoms with Crippen LogP contribution in [0.25, 0.3) is 0 Å². The molecular formula is C16H22ClN5O2. The Balaban J connectivity index is 2.15. The summed E-state index contributed by atoms with van der Waals surface area (Å²) in [5, 5.41) is 15.2. The molecule has 0 aliphatic carbocycles. The zero-order valence-corrected chi connectivity index (χ0v) is 14.7. The average molecular weight is 352 g/mol. The van der Waals surface area contributed by atoms with Crippen LogP contribution in [0.1, 0.15) is 25.8 Å². The summed E-state index contributed by atoms with van der Waals surface area (Å²) in [6, 6.07) is 3.66. The van der Waals surface area contributed by atoms with Gasteiger partial charge in [-0.25, -0.2) is 4.68 Å². The van der Waals surface area contributed by atoms with Gasteiger partial charge in [0.25, 0.3) is 0 Å². The highest BCUT2D eigenvalue weighted by atomic mass is 35.5. The smallest absolute Gasteiger partial charge is 0.243 e. The molecular weight excluding hydrogens is 330 g/mol. The second-order valence-electron chi connectivity index (χ2n) is 5.00. The van der Waals surface area contributed by atoms with Gasteiger partial charge in [-0.05, 0) is 35.4 Å². The van der Waals surface area contributed by atoms with Crippen LogP contribution in [-0.2, 0) is 13.1 Å². The van der Waals surface area contributed by atoms with E-state index in [4.69, 9.17) is 21.1 Å². The summed E-state index contributed by atoms with van der Waals surface area (Å²) in [5.74, 6) is 1.89. The summed E-state index contributed by atoms with van der Waals surface area (Å²) in [6.45, 7) is 9.81. The Labute approximate surface area is 146 Å². The molecule has 8 heteroatoms. The number of rotatable bonds is 10. The molecule has 0 spiro atoms. The monoisotopic (exact) mass is 351 g/mol. The zero-order chi connectivity index (χ0) is 17.4. The lowest BCUT2D eigenvalue weighted by molar-refractivity contribution is 0.276. The number of aromatic nitrogens is 4. The van der Waals surface area contributed by atoms with Crippen LogP contribution in [0, 0.1) is 0 Å².